The van der Waals surface area contributed by atoms with Crippen molar-refractivity contribution in [3.63, 3.8) is 0 Å². The Balaban J connectivity index is 1.88. The van der Waals surface area contributed by atoms with Gasteiger partial charge in [0.2, 0.25) is 0 Å². The molecule has 0 atom stereocenters. The molecule has 21 heavy (non-hydrogen) atoms. The van der Waals surface area contributed by atoms with E-state index < -0.39 is 23.1 Å². The maximum absolute atomic E-state index is 13.7. The van der Waals surface area contributed by atoms with E-state index in [4.69, 9.17) is 0 Å². The molecule has 108 valence electrons. The Morgan fingerprint density at radius 2 is 1.76 bits per heavy atom. The van der Waals surface area contributed by atoms with Crippen molar-refractivity contribution in [2.75, 3.05) is 0 Å². The Morgan fingerprint density at radius 3 is 2.38 bits per heavy atom. The summed E-state index contributed by atoms with van der Waals surface area (Å²) in [5.74, 6) is -1.91. The molecule has 1 aliphatic carbocycles. The second-order valence-electron chi connectivity index (χ2n) is 5.38. The van der Waals surface area contributed by atoms with Gasteiger partial charge in [-0.2, -0.15) is 0 Å². The first kappa shape index (κ1) is 13.7. The Bertz CT molecular complexity index is 666. The molecule has 1 aliphatic rings. The summed E-state index contributed by atoms with van der Waals surface area (Å²) in [7, 11) is 0. The fraction of sp³-hybridized carbons (Fsp3) is 0.235. The maximum atomic E-state index is 13.7. The number of nitrogens with one attached hydrogen (secondary N) is 1. The highest BCUT2D eigenvalue weighted by Crippen LogP contribution is 2.41. The second kappa shape index (κ2) is 5.28. The van der Waals surface area contributed by atoms with Gasteiger partial charge in [-0.15, -0.1) is 0 Å². The quantitative estimate of drug-likeness (QED) is 0.914. The van der Waals surface area contributed by atoms with Gasteiger partial charge < -0.3 is 5.32 Å². The number of halogens is 2. The van der Waals surface area contributed by atoms with Gasteiger partial charge in [-0.25, -0.2) is 8.78 Å². The zero-order valence-electron chi connectivity index (χ0n) is 11.4. The molecule has 0 aliphatic heterocycles. The van der Waals surface area contributed by atoms with E-state index in [-0.39, 0.29) is 5.56 Å². The molecule has 0 aromatic heterocycles. The van der Waals surface area contributed by atoms with Crippen LogP contribution in [0.1, 0.15) is 35.2 Å². The zero-order valence-corrected chi connectivity index (χ0v) is 11.4. The summed E-state index contributed by atoms with van der Waals surface area (Å²) in [6.07, 6.45) is 2.61. The molecular weight excluding hydrogens is 272 g/mol. The number of amides is 1. The molecule has 2 aromatic carbocycles. The first-order chi connectivity index (χ1) is 10.1. The van der Waals surface area contributed by atoms with E-state index in [1.165, 1.54) is 0 Å². The number of benzene rings is 2. The molecule has 2 nitrogen and oxygen atoms in total. The van der Waals surface area contributed by atoms with Gasteiger partial charge in [0.1, 0.15) is 11.6 Å². The van der Waals surface area contributed by atoms with Crippen molar-refractivity contribution in [3.05, 3.63) is 71.3 Å². The van der Waals surface area contributed by atoms with Crippen molar-refractivity contribution in [1.29, 1.82) is 0 Å². The summed E-state index contributed by atoms with van der Waals surface area (Å²) in [6.45, 7) is 0. The molecule has 0 heterocycles. The lowest BCUT2D eigenvalue weighted by Gasteiger charge is -2.43. The number of hydrogen-bond acceptors (Lipinski definition) is 1. The van der Waals surface area contributed by atoms with Crippen LogP contribution < -0.4 is 5.32 Å². The lowest BCUT2D eigenvalue weighted by atomic mass is 9.71. The molecule has 0 saturated heterocycles. The highest BCUT2D eigenvalue weighted by molar-refractivity contribution is 5.95. The van der Waals surface area contributed by atoms with Crippen LogP contribution in [-0.2, 0) is 5.54 Å². The average Bonchev–Trinajstić information content (AvgIpc) is 2.46. The average molecular weight is 287 g/mol. The first-order valence-corrected chi connectivity index (χ1v) is 6.94. The van der Waals surface area contributed by atoms with Crippen molar-refractivity contribution in [2.45, 2.75) is 24.8 Å². The van der Waals surface area contributed by atoms with Crippen LogP contribution in [0.5, 0.6) is 0 Å². The topological polar surface area (TPSA) is 29.1 Å². The highest BCUT2D eigenvalue weighted by Gasteiger charge is 2.40. The normalized spacial score (nSPS) is 16.1. The number of carbonyl (C=O) groups is 1. The standard InChI is InChI=1S/C17H15F2NO/c18-13-7-8-15(19)14(11-13)16(21)20-17(9-4-10-17)12-5-2-1-3-6-12/h1-3,5-8,11H,4,9-10H2,(H,20,21). The van der Waals surface area contributed by atoms with Gasteiger partial charge >= 0.3 is 0 Å². The van der Waals surface area contributed by atoms with Crippen LogP contribution in [0, 0.1) is 11.6 Å². The zero-order chi connectivity index (χ0) is 14.9. The van der Waals surface area contributed by atoms with Crippen LogP contribution in [0.4, 0.5) is 8.78 Å². The van der Waals surface area contributed by atoms with Gasteiger partial charge in [-0.05, 0) is 43.0 Å². The van der Waals surface area contributed by atoms with Crippen LogP contribution >= 0.6 is 0 Å². The van der Waals surface area contributed by atoms with Crippen LogP contribution in [0.25, 0.3) is 0 Å². The molecule has 1 saturated carbocycles. The van der Waals surface area contributed by atoms with Gasteiger partial charge in [0, 0.05) is 0 Å². The first-order valence-electron chi connectivity index (χ1n) is 6.94. The highest BCUT2D eigenvalue weighted by atomic mass is 19.1. The Labute approximate surface area is 121 Å². The number of carbonyl (C=O) groups excluding carboxylic acids is 1. The summed E-state index contributed by atoms with van der Waals surface area (Å²) < 4.78 is 26.9. The van der Waals surface area contributed by atoms with E-state index in [1.54, 1.807) is 0 Å². The monoisotopic (exact) mass is 287 g/mol. The molecule has 0 unspecified atom stereocenters. The molecular formula is C17H15F2NO. The number of hydrogen-bond donors (Lipinski definition) is 1. The molecule has 1 amide bonds. The lowest BCUT2D eigenvalue weighted by molar-refractivity contribution is 0.0818. The second-order valence-corrected chi connectivity index (χ2v) is 5.38. The SMILES string of the molecule is O=C(NC1(c2ccccc2)CCC1)c1cc(F)ccc1F. The Morgan fingerprint density at radius 1 is 1.05 bits per heavy atom. The summed E-state index contributed by atoms with van der Waals surface area (Å²) >= 11 is 0. The van der Waals surface area contributed by atoms with Gasteiger partial charge in [0.15, 0.2) is 0 Å². The summed E-state index contributed by atoms with van der Waals surface area (Å²) in [5, 5.41) is 2.88. The molecule has 2 aromatic rings. The third-order valence-electron chi connectivity index (χ3n) is 4.06. The van der Waals surface area contributed by atoms with E-state index in [0.717, 1.165) is 43.0 Å². The molecule has 0 spiro atoms. The fourth-order valence-corrected chi connectivity index (χ4v) is 2.73. The van der Waals surface area contributed by atoms with Crippen molar-refractivity contribution >= 4 is 5.91 Å². The molecule has 1 fully saturated rings. The Hall–Kier alpha value is -2.23. The lowest BCUT2D eigenvalue weighted by Crippen LogP contribution is -2.50. The molecule has 4 heteroatoms. The van der Waals surface area contributed by atoms with Crippen molar-refractivity contribution < 1.29 is 13.6 Å². The van der Waals surface area contributed by atoms with Gasteiger partial charge in [0.05, 0.1) is 11.1 Å². The smallest absolute Gasteiger partial charge is 0.255 e. The predicted octanol–water partition coefficient (Wildman–Crippen LogP) is 3.77. The van der Waals surface area contributed by atoms with Crippen molar-refractivity contribution in [2.24, 2.45) is 0 Å². The number of rotatable bonds is 3. The van der Waals surface area contributed by atoms with Gasteiger partial charge in [-0.3, -0.25) is 4.79 Å². The minimum absolute atomic E-state index is 0.253. The van der Waals surface area contributed by atoms with E-state index in [2.05, 4.69) is 5.32 Å². The van der Waals surface area contributed by atoms with Gasteiger partial charge in [-0.1, -0.05) is 30.3 Å². The summed E-state index contributed by atoms with van der Waals surface area (Å²) in [6, 6.07) is 12.5. The van der Waals surface area contributed by atoms with Gasteiger partial charge in [0.25, 0.3) is 5.91 Å². The van der Waals surface area contributed by atoms with Crippen molar-refractivity contribution in [1.82, 2.24) is 5.32 Å². The molecule has 3 rings (SSSR count). The minimum atomic E-state index is -0.712. The fourth-order valence-electron chi connectivity index (χ4n) is 2.73. The van der Waals surface area contributed by atoms with Crippen LogP contribution in [0.2, 0.25) is 0 Å². The molecule has 0 radical (unpaired) electrons. The van der Waals surface area contributed by atoms with Crippen LogP contribution in [0.3, 0.4) is 0 Å². The van der Waals surface area contributed by atoms with Crippen molar-refractivity contribution in [3.8, 4) is 0 Å². The third-order valence-corrected chi connectivity index (χ3v) is 4.06. The molecule has 0 bridgehead atoms. The van der Waals surface area contributed by atoms with E-state index in [0.29, 0.717) is 0 Å². The summed E-state index contributed by atoms with van der Waals surface area (Å²) in [5.41, 5.74) is 0.288. The largest absolute Gasteiger partial charge is 0.342 e. The summed E-state index contributed by atoms with van der Waals surface area (Å²) in [4.78, 5) is 12.3. The van der Waals surface area contributed by atoms with E-state index >= 15 is 0 Å². The van der Waals surface area contributed by atoms with Crippen LogP contribution in [0.15, 0.2) is 48.5 Å². The predicted molar refractivity (Wildman–Crippen MR) is 75.8 cm³/mol. The van der Waals surface area contributed by atoms with Crippen LogP contribution in [-0.4, -0.2) is 5.91 Å². The Kier molecular flexibility index (Phi) is 3.45. The maximum Gasteiger partial charge on any atom is 0.255 e. The van der Waals surface area contributed by atoms with E-state index in [1.807, 2.05) is 30.3 Å². The van der Waals surface area contributed by atoms with E-state index in [9.17, 15) is 13.6 Å². The molecule has 1 N–H and O–H groups in total. The third kappa shape index (κ3) is 2.53. The minimum Gasteiger partial charge on any atom is -0.342 e.